The van der Waals surface area contributed by atoms with Crippen molar-refractivity contribution >= 4 is 23.9 Å². The smallest absolute Gasteiger partial charge is 0.289 e. The van der Waals surface area contributed by atoms with Crippen LogP contribution in [0.4, 0.5) is 5.88 Å². The number of methoxy groups -OCH3 is 1. The first kappa shape index (κ1) is 22.7. The Morgan fingerprint density at radius 1 is 1.22 bits per heavy atom. The number of amides is 2. The Hall–Kier alpha value is -4.01. The fraction of sp³-hybridized carbons (Fsp3) is 0.261. The molecule has 1 aliphatic heterocycles. The van der Waals surface area contributed by atoms with Gasteiger partial charge >= 0.3 is 0 Å². The number of allylic oxidation sites excluding steroid dienone is 1. The van der Waals surface area contributed by atoms with E-state index in [0.29, 0.717) is 43.0 Å². The van der Waals surface area contributed by atoms with Gasteiger partial charge in [-0.25, -0.2) is 0 Å². The minimum absolute atomic E-state index is 0.0456. The van der Waals surface area contributed by atoms with Crippen LogP contribution in [0.15, 0.2) is 70.5 Å². The number of hydrogen-bond acceptors (Lipinski definition) is 7. The molecule has 1 aromatic heterocycles. The maximum absolute atomic E-state index is 12.7. The number of ether oxygens (including phenoxy) is 2. The predicted molar refractivity (Wildman–Crippen MR) is 121 cm³/mol. The van der Waals surface area contributed by atoms with Crippen LogP contribution >= 0.6 is 0 Å². The van der Waals surface area contributed by atoms with Crippen molar-refractivity contribution in [3.05, 3.63) is 72.5 Å². The van der Waals surface area contributed by atoms with Crippen LogP contribution in [0, 0.1) is 0 Å². The van der Waals surface area contributed by atoms with Gasteiger partial charge in [-0.05, 0) is 30.3 Å². The summed E-state index contributed by atoms with van der Waals surface area (Å²) in [6.45, 7) is 4.83. The molecule has 0 bridgehead atoms. The number of nitrogens with zero attached hydrogens (tertiary/aromatic N) is 2. The molecule has 0 saturated carbocycles. The number of furan rings is 1. The second-order valence-electron chi connectivity index (χ2n) is 7.04. The van der Waals surface area contributed by atoms with E-state index in [1.54, 1.807) is 48.4 Å². The second-order valence-corrected chi connectivity index (χ2v) is 7.04. The van der Waals surface area contributed by atoms with E-state index < -0.39 is 0 Å². The Morgan fingerprint density at radius 2 is 1.94 bits per heavy atom. The standard InChI is InChI=1S/C23H26N4O5/c1-16(15-25-12-11-24)31-19-9-13-27(14-10-19)23(29)20-7-8-21(32-20)26-22(28)17-3-5-18(30-2)6-4-17/h3-8,11-12,15,19H,1,9-10,13-14,24H2,2H3,(H,26,28)/b12-11-,25-15?. The van der Waals surface area contributed by atoms with Gasteiger partial charge in [0.15, 0.2) is 5.76 Å². The third-order valence-corrected chi connectivity index (χ3v) is 4.84. The quantitative estimate of drug-likeness (QED) is 0.483. The topological polar surface area (TPSA) is 119 Å². The van der Waals surface area contributed by atoms with Gasteiger partial charge in [0.2, 0.25) is 5.88 Å². The van der Waals surface area contributed by atoms with Gasteiger partial charge in [0, 0.05) is 50.0 Å². The zero-order valence-electron chi connectivity index (χ0n) is 17.8. The number of piperidine rings is 1. The van der Waals surface area contributed by atoms with E-state index in [4.69, 9.17) is 19.6 Å². The molecule has 0 radical (unpaired) electrons. The van der Waals surface area contributed by atoms with Crippen molar-refractivity contribution in [2.45, 2.75) is 18.9 Å². The lowest BCUT2D eigenvalue weighted by Crippen LogP contribution is -2.40. The molecule has 9 heteroatoms. The van der Waals surface area contributed by atoms with E-state index in [1.807, 2.05) is 0 Å². The highest BCUT2D eigenvalue weighted by atomic mass is 16.5. The molecular formula is C23H26N4O5. The van der Waals surface area contributed by atoms with Crippen LogP contribution < -0.4 is 15.8 Å². The maximum atomic E-state index is 12.7. The van der Waals surface area contributed by atoms with Gasteiger partial charge in [0.1, 0.15) is 17.6 Å². The van der Waals surface area contributed by atoms with Gasteiger partial charge in [0.25, 0.3) is 11.8 Å². The van der Waals surface area contributed by atoms with Gasteiger partial charge in [-0.15, -0.1) is 0 Å². The van der Waals surface area contributed by atoms with Crippen molar-refractivity contribution in [3.63, 3.8) is 0 Å². The van der Waals surface area contributed by atoms with Gasteiger partial charge in [-0.3, -0.25) is 19.9 Å². The van der Waals surface area contributed by atoms with Crippen LogP contribution in [0.5, 0.6) is 5.75 Å². The average Bonchev–Trinajstić information content (AvgIpc) is 3.27. The fourth-order valence-corrected chi connectivity index (χ4v) is 3.20. The molecule has 0 spiro atoms. The average molecular weight is 438 g/mol. The minimum atomic E-state index is -0.343. The SMILES string of the molecule is C=C(C=N/C=C\N)OC1CCN(C(=O)c2ccc(NC(=O)c3ccc(OC)cc3)o2)CC1. The second kappa shape index (κ2) is 10.9. The molecule has 0 atom stereocenters. The lowest BCUT2D eigenvalue weighted by molar-refractivity contribution is 0.0438. The largest absolute Gasteiger partial charge is 0.497 e. The highest BCUT2D eigenvalue weighted by molar-refractivity contribution is 6.04. The number of anilines is 1. The van der Waals surface area contributed by atoms with E-state index in [0.717, 1.165) is 0 Å². The zero-order chi connectivity index (χ0) is 22.9. The molecule has 32 heavy (non-hydrogen) atoms. The first-order chi connectivity index (χ1) is 15.5. The maximum Gasteiger partial charge on any atom is 0.289 e. The van der Waals surface area contributed by atoms with Crippen molar-refractivity contribution in [3.8, 4) is 5.75 Å². The molecule has 1 fully saturated rings. The van der Waals surface area contributed by atoms with Crippen LogP contribution in [0.2, 0.25) is 0 Å². The summed E-state index contributed by atoms with van der Waals surface area (Å²) in [6, 6.07) is 9.79. The molecular weight excluding hydrogens is 412 g/mol. The van der Waals surface area contributed by atoms with Gasteiger partial charge in [0.05, 0.1) is 13.3 Å². The summed E-state index contributed by atoms with van der Waals surface area (Å²) in [6.07, 6.45) is 5.52. The van der Waals surface area contributed by atoms with Crippen LogP contribution in [0.3, 0.4) is 0 Å². The molecule has 1 aliphatic rings. The van der Waals surface area contributed by atoms with Crippen molar-refractivity contribution in [2.75, 3.05) is 25.5 Å². The summed E-state index contributed by atoms with van der Waals surface area (Å²) in [5.74, 6) is 0.888. The summed E-state index contributed by atoms with van der Waals surface area (Å²) in [5.41, 5.74) is 5.66. The summed E-state index contributed by atoms with van der Waals surface area (Å²) < 4.78 is 16.4. The Kier molecular flexibility index (Phi) is 7.69. The van der Waals surface area contributed by atoms with Crippen LogP contribution in [0.25, 0.3) is 0 Å². The Morgan fingerprint density at radius 3 is 2.59 bits per heavy atom. The molecule has 2 aromatic rings. The van der Waals surface area contributed by atoms with Crippen molar-refractivity contribution in [2.24, 2.45) is 10.7 Å². The van der Waals surface area contributed by atoms with Crippen molar-refractivity contribution in [1.82, 2.24) is 4.90 Å². The van der Waals surface area contributed by atoms with E-state index in [2.05, 4.69) is 16.9 Å². The van der Waals surface area contributed by atoms with Crippen LogP contribution in [-0.4, -0.2) is 49.2 Å². The molecule has 3 N–H and O–H groups in total. The molecule has 2 heterocycles. The highest BCUT2D eigenvalue weighted by Gasteiger charge is 2.26. The number of nitrogens with one attached hydrogen (secondary N) is 1. The number of aliphatic imine (C=N–C) groups is 1. The Labute approximate surface area is 186 Å². The third kappa shape index (κ3) is 6.00. The van der Waals surface area contributed by atoms with Gasteiger partial charge in [-0.1, -0.05) is 6.58 Å². The summed E-state index contributed by atoms with van der Waals surface area (Å²) in [4.78, 5) is 30.7. The van der Waals surface area contributed by atoms with E-state index in [1.165, 1.54) is 18.6 Å². The summed E-state index contributed by atoms with van der Waals surface area (Å²) in [5, 5.41) is 2.65. The predicted octanol–water partition coefficient (Wildman–Crippen LogP) is 3.18. The molecule has 9 nitrogen and oxygen atoms in total. The molecule has 2 amide bonds. The van der Waals surface area contributed by atoms with E-state index >= 15 is 0 Å². The normalized spacial score (nSPS) is 14.6. The number of likely N-dealkylation sites (tertiary alicyclic amines) is 1. The fourth-order valence-electron chi connectivity index (χ4n) is 3.20. The van der Waals surface area contributed by atoms with E-state index in [-0.39, 0.29) is 29.6 Å². The Balaban J connectivity index is 1.50. The first-order valence-corrected chi connectivity index (χ1v) is 10.1. The Bertz CT molecular complexity index is 1000. The van der Waals surface area contributed by atoms with Crippen molar-refractivity contribution < 1.29 is 23.5 Å². The third-order valence-electron chi connectivity index (χ3n) is 4.84. The zero-order valence-corrected chi connectivity index (χ0v) is 17.8. The molecule has 0 aliphatic carbocycles. The lowest BCUT2D eigenvalue weighted by atomic mass is 10.1. The number of nitrogens with two attached hydrogens (primary N) is 1. The highest BCUT2D eigenvalue weighted by Crippen LogP contribution is 2.21. The van der Waals surface area contributed by atoms with Crippen LogP contribution in [0.1, 0.15) is 33.8 Å². The number of carbonyl (C=O) groups excluding carboxylic acids is 2. The molecule has 0 unspecified atom stereocenters. The number of rotatable bonds is 8. The van der Waals surface area contributed by atoms with Gasteiger partial charge in [-0.2, -0.15) is 0 Å². The molecule has 168 valence electrons. The monoisotopic (exact) mass is 438 g/mol. The van der Waals surface area contributed by atoms with Crippen LogP contribution in [-0.2, 0) is 4.74 Å². The molecule has 3 rings (SSSR count). The van der Waals surface area contributed by atoms with Crippen molar-refractivity contribution in [1.29, 1.82) is 0 Å². The van der Waals surface area contributed by atoms with E-state index in [9.17, 15) is 9.59 Å². The number of hydrogen-bond donors (Lipinski definition) is 2. The van der Waals surface area contributed by atoms with Gasteiger partial charge < -0.3 is 24.5 Å². The minimum Gasteiger partial charge on any atom is -0.497 e. The lowest BCUT2D eigenvalue weighted by Gasteiger charge is -2.31. The molecule has 1 aromatic carbocycles. The number of benzene rings is 1. The number of carbonyl (C=O) groups is 2. The summed E-state index contributed by atoms with van der Waals surface area (Å²) >= 11 is 0. The summed E-state index contributed by atoms with van der Waals surface area (Å²) in [7, 11) is 1.56. The molecule has 1 saturated heterocycles. The first-order valence-electron chi connectivity index (χ1n) is 10.1.